The van der Waals surface area contributed by atoms with E-state index in [-0.39, 0.29) is 12.4 Å². The minimum Gasteiger partial charge on any atom is -0.497 e. The summed E-state index contributed by atoms with van der Waals surface area (Å²) in [6, 6.07) is 12.1. The first kappa shape index (κ1) is 16.1. The third-order valence-electron chi connectivity index (χ3n) is 4.25. The molecule has 0 fully saturated rings. The summed E-state index contributed by atoms with van der Waals surface area (Å²) in [6.07, 6.45) is 0.600. The van der Waals surface area contributed by atoms with Gasteiger partial charge in [0.1, 0.15) is 18.1 Å². The molecule has 0 spiro atoms. The molecule has 4 nitrogen and oxygen atoms in total. The Bertz CT molecular complexity index is 897. The van der Waals surface area contributed by atoms with Gasteiger partial charge >= 0.3 is 5.97 Å². The van der Waals surface area contributed by atoms with E-state index >= 15 is 0 Å². The van der Waals surface area contributed by atoms with Crippen molar-refractivity contribution in [1.29, 1.82) is 0 Å². The van der Waals surface area contributed by atoms with Gasteiger partial charge in [-0.2, -0.15) is 0 Å². The van der Waals surface area contributed by atoms with Crippen LogP contribution in [0.2, 0.25) is 0 Å². The van der Waals surface area contributed by atoms with Crippen LogP contribution in [0.25, 0.3) is 10.9 Å². The van der Waals surface area contributed by atoms with Crippen molar-refractivity contribution < 1.29 is 19.0 Å². The summed E-state index contributed by atoms with van der Waals surface area (Å²) in [7, 11) is 1.61. The number of rotatable bonds is 5. The van der Waals surface area contributed by atoms with Gasteiger partial charge in [0.25, 0.3) is 0 Å². The monoisotopic (exact) mass is 327 g/mol. The van der Waals surface area contributed by atoms with Crippen LogP contribution in [0.5, 0.6) is 5.75 Å². The molecule has 24 heavy (non-hydrogen) atoms. The number of aromatic nitrogens is 1. The minimum absolute atomic E-state index is 0.142. The van der Waals surface area contributed by atoms with E-state index in [4.69, 9.17) is 9.84 Å². The Hall–Kier alpha value is -2.82. The Balaban J connectivity index is 2.09. The third kappa shape index (κ3) is 2.97. The average Bonchev–Trinajstić information content (AvgIpc) is 2.80. The molecule has 3 aromatic rings. The van der Waals surface area contributed by atoms with Crippen molar-refractivity contribution in [2.45, 2.75) is 19.9 Å². The van der Waals surface area contributed by atoms with Crippen molar-refractivity contribution in [3.8, 4) is 5.75 Å². The molecule has 1 N–H and O–H groups in total. The number of carboxylic acid groups (broad SMARTS) is 1. The highest BCUT2D eigenvalue weighted by molar-refractivity contribution is 5.87. The fraction of sp³-hybridized carbons (Fsp3) is 0.211. The molecule has 0 saturated heterocycles. The summed E-state index contributed by atoms with van der Waals surface area (Å²) < 4.78 is 20.6. The van der Waals surface area contributed by atoms with Crippen LogP contribution < -0.4 is 4.74 Å². The van der Waals surface area contributed by atoms with E-state index in [0.29, 0.717) is 6.42 Å². The first-order valence-corrected chi connectivity index (χ1v) is 7.61. The molecule has 2 aromatic carbocycles. The molecule has 0 aliphatic carbocycles. The topological polar surface area (TPSA) is 51.5 Å². The lowest BCUT2D eigenvalue weighted by Gasteiger charge is -2.06. The molecule has 1 aromatic heterocycles. The zero-order valence-electron chi connectivity index (χ0n) is 13.5. The first-order valence-electron chi connectivity index (χ1n) is 7.61. The van der Waals surface area contributed by atoms with E-state index in [9.17, 15) is 9.18 Å². The van der Waals surface area contributed by atoms with Crippen molar-refractivity contribution >= 4 is 16.9 Å². The summed E-state index contributed by atoms with van der Waals surface area (Å²) >= 11 is 0. The summed E-state index contributed by atoms with van der Waals surface area (Å²) in [5.74, 6) is -0.476. The smallest absolute Gasteiger partial charge is 0.323 e. The Morgan fingerprint density at radius 3 is 2.54 bits per heavy atom. The molecule has 0 aliphatic heterocycles. The van der Waals surface area contributed by atoms with Crippen molar-refractivity contribution in [3.63, 3.8) is 0 Å². The van der Waals surface area contributed by atoms with E-state index in [2.05, 4.69) is 0 Å². The zero-order valence-corrected chi connectivity index (χ0v) is 13.5. The fourth-order valence-corrected chi connectivity index (χ4v) is 3.03. The fourth-order valence-electron chi connectivity index (χ4n) is 3.03. The predicted octanol–water partition coefficient (Wildman–Crippen LogP) is 3.77. The predicted molar refractivity (Wildman–Crippen MR) is 90.1 cm³/mol. The second-order valence-electron chi connectivity index (χ2n) is 5.73. The SMILES string of the molecule is COc1ccc(Cc2c(C)n(CC(=O)O)c3ccc(F)cc23)cc1. The molecule has 0 amide bonds. The standard InChI is InChI=1S/C19H18FNO3/c1-12-16(9-13-3-6-15(24-2)7-4-13)17-10-14(20)5-8-18(17)21(12)11-19(22)23/h3-8,10H,9,11H2,1-2H3,(H,22,23). The number of hydrogen-bond donors (Lipinski definition) is 1. The van der Waals surface area contributed by atoms with E-state index in [0.717, 1.165) is 33.5 Å². The van der Waals surface area contributed by atoms with Gasteiger partial charge in [0.05, 0.1) is 7.11 Å². The Labute approximate surface area is 139 Å². The van der Waals surface area contributed by atoms with E-state index in [1.807, 2.05) is 31.2 Å². The van der Waals surface area contributed by atoms with Crippen molar-refractivity contribution in [2.75, 3.05) is 7.11 Å². The molecule has 0 unspecified atom stereocenters. The zero-order chi connectivity index (χ0) is 17.3. The maximum Gasteiger partial charge on any atom is 0.323 e. The summed E-state index contributed by atoms with van der Waals surface area (Å²) in [5.41, 5.74) is 3.57. The minimum atomic E-state index is -0.921. The molecule has 0 aliphatic rings. The molecule has 0 bridgehead atoms. The maximum atomic E-state index is 13.7. The van der Waals surface area contributed by atoms with E-state index in [1.54, 1.807) is 17.7 Å². The lowest BCUT2D eigenvalue weighted by atomic mass is 10.0. The van der Waals surface area contributed by atoms with Crippen LogP contribution in [0.3, 0.4) is 0 Å². The van der Waals surface area contributed by atoms with E-state index in [1.165, 1.54) is 12.1 Å². The Morgan fingerprint density at radius 2 is 1.92 bits per heavy atom. The largest absolute Gasteiger partial charge is 0.497 e. The van der Waals surface area contributed by atoms with Gasteiger partial charge in [-0.3, -0.25) is 4.79 Å². The molecule has 0 radical (unpaired) electrons. The van der Waals surface area contributed by atoms with Crippen LogP contribution in [-0.4, -0.2) is 22.8 Å². The highest BCUT2D eigenvalue weighted by atomic mass is 19.1. The van der Waals surface area contributed by atoms with Gasteiger partial charge in [0.15, 0.2) is 0 Å². The summed E-state index contributed by atoms with van der Waals surface area (Å²) in [5, 5.41) is 9.91. The molecule has 0 atom stereocenters. The number of hydrogen-bond acceptors (Lipinski definition) is 2. The second kappa shape index (κ2) is 6.35. The number of nitrogens with zero attached hydrogens (tertiary/aromatic N) is 1. The van der Waals surface area contributed by atoms with Crippen LogP contribution in [0.4, 0.5) is 4.39 Å². The normalized spacial score (nSPS) is 11.0. The molecular formula is C19H18FNO3. The quantitative estimate of drug-likeness (QED) is 0.776. The number of benzene rings is 2. The lowest BCUT2D eigenvalue weighted by Crippen LogP contribution is -2.10. The second-order valence-corrected chi connectivity index (χ2v) is 5.73. The van der Waals surface area contributed by atoms with Crippen LogP contribution in [0, 0.1) is 12.7 Å². The first-order chi connectivity index (χ1) is 11.5. The number of carboxylic acids is 1. The average molecular weight is 327 g/mol. The maximum absolute atomic E-state index is 13.7. The van der Waals surface area contributed by atoms with Gasteiger partial charge in [-0.15, -0.1) is 0 Å². The van der Waals surface area contributed by atoms with Crippen LogP contribution >= 0.6 is 0 Å². The molecule has 5 heteroatoms. The molecule has 124 valence electrons. The van der Waals surface area contributed by atoms with Gasteiger partial charge < -0.3 is 14.4 Å². The van der Waals surface area contributed by atoms with Gasteiger partial charge in [0.2, 0.25) is 0 Å². The number of methoxy groups -OCH3 is 1. The number of carbonyl (C=O) groups is 1. The van der Waals surface area contributed by atoms with E-state index < -0.39 is 5.97 Å². The number of halogens is 1. The summed E-state index contributed by atoms with van der Waals surface area (Å²) in [6.45, 7) is 1.73. The third-order valence-corrected chi connectivity index (χ3v) is 4.25. The van der Waals surface area contributed by atoms with Crippen molar-refractivity contribution in [1.82, 2.24) is 4.57 Å². The van der Waals surface area contributed by atoms with Crippen LogP contribution in [-0.2, 0) is 17.8 Å². The number of aliphatic carboxylic acids is 1. The molecule has 1 heterocycles. The highest BCUT2D eigenvalue weighted by Gasteiger charge is 2.16. The molecular weight excluding hydrogens is 309 g/mol. The van der Waals surface area contributed by atoms with Gasteiger partial charge in [0, 0.05) is 16.6 Å². The Morgan fingerprint density at radius 1 is 1.21 bits per heavy atom. The van der Waals surface area contributed by atoms with Gasteiger partial charge in [-0.25, -0.2) is 4.39 Å². The Kier molecular flexibility index (Phi) is 4.25. The summed E-state index contributed by atoms with van der Waals surface area (Å²) in [4.78, 5) is 11.2. The van der Waals surface area contributed by atoms with Crippen LogP contribution in [0.1, 0.15) is 16.8 Å². The van der Waals surface area contributed by atoms with Gasteiger partial charge in [-0.05, 0) is 54.8 Å². The highest BCUT2D eigenvalue weighted by Crippen LogP contribution is 2.29. The lowest BCUT2D eigenvalue weighted by molar-refractivity contribution is -0.137. The molecule has 3 rings (SSSR count). The number of ether oxygens (including phenoxy) is 1. The van der Waals surface area contributed by atoms with Crippen molar-refractivity contribution in [3.05, 3.63) is 65.1 Å². The molecule has 0 saturated carbocycles. The van der Waals surface area contributed by atoms with Gasteiger partial charge in [-0.1, -0.05) is 12.1 Å². The number of fused-ring (bicyclic) bond motifs is 1. The van der Waals surface area contributed by atoms with Crippen molar-refractivity contribution in [2.24, 2.45) is 0 Å². The van der Waals surface area contributed by atoms with Crippen LogP contribution in [0.15, 0.2) is 42.5 Å².